The molecule has 0 amide bonds. The van der Waals surface area contributed by atoms with Crippen molar-refractivity contribution in [2.24, 2.45) is 4.99 Å². The first-order valence-corrected chi connectivity index (χ1v) is 10.8. The van der Waals surface area contributed by atoms with Crippen LogP contribution in [0.4, 0.5) is 5.69 Å². The Morgan fingerprint density at radius 3 is 1.88 bits per heavy atom. The highest BCUT2D eigenvalue weighted by Crippen LogP contribution is 2.14. The van der Waals surface area contributed by atoms with Crippen LogP contribution in [0.1, 0.15) is 16.7 Å². The number of ether oxygens (including phenoxy) is 2. The molecule has 0 aliphatic carbocycles. The molecule has 0 N–H and O–H groups in total. The van der Waals surface area contributed by atoms with Gasteiger partial charge in [0.2, 0.25) is 0 Å². The number of rotatable bonds is 8. The molecule has 7 heteroatoms. The molecule has 0 radical (unpaired) electrons. The van der Waals surface area contributed by atoms with Crippen molar-refractivity contribution in [2.45, 2.75) is 13.1 Å². The molecule has 7 nitrogen and oxygen atoms in total. The van der Waals surface area contributed by atoms with Gasteiger partial charge in [0.25, 0.3) is 5.56 Å². The van der Waals surface area contributed by atoms with Gasteiger partial charge >= 0.3 is 5.69 Å². The second kappa shape index (κ2) is 10.5. The number of methoxy groups -OCH3 is 2. The van der Waals surface area contributed by atoms with Gasteiger partial charge in [-0.2, -0.15) is 0 Å². The highest BCUT2D eigenvalue weighted by Gasteiger charge is 2.12. The van der Waals surface area contributed by atoms with Gasteiger partial charge in [0.1, 0.15) is 17.2 Å². The van der Waals surface area contributed by atoms with Crippen LogP contribution in [0, 0.1) is 0 Å². The zero-order valence-electron chi connectivity index (χ0n) is 19.0. The van der Waals surface area contributed by atoms with Crippen LogP contribution in [0.3, 0.4) is 0 Å². The van der Waals surface area contributed by atoms with E-state index in [1.165, 1.54) is 15.3 Å². The Morgan fingerprint density at radius 2 is 1.32 bits per heavy atom. The molecule has 0 fully saturated rings. The first kappa shape index (κ1) is 22.8. The third-order valence-corrected chi connectivity index (χ3v) is 5.38. The minimum absolute atomic E-state index is 0.124. The molecule has 0 aliphatic rings. The highest BCUT2D eigenvalue weighted by atomic mass is 16.5. The molecule has 172 valence electrons. The van der Waals surface area contributed by atoms with Gasteiger partial charge < -0.3 is 9.47 Å². The van der Waals surface area contributed by atoms with E-state index in [0.29, 0.717) is 12.3 Å². The SMILES string of the molecule is COc1ccc(Cn2cc(N=Cc3ccccc3)c(=O)n(Cc3ccc(OC)cc3)c2=O)cc1. The van der Waals surface area contributed by atoms with Gasteiger partial charge in [-0.05, 0) is 41.0 Å². The van der Waals surface area contributed by atoms with Crippen LogP contribution in [0.5, 0.6) is 11.5 Å². The molecule has 3 aromatic carbocycles. The third kappa shape index (κ3) is 5.32. The molecule has 0 unspecified atom stereocenters. The summed E-state index contributed by atoms with van der Waals surface area (Å²) in [6.07, 6.45) is 3.13. The molecule has 0 spiro atoms. The van der Waals surface area contributed by atoms with Crippen LogP contribution in [0.25, 0.3) is 0 Å². The molecule has 34 heavy (non-hydrogen) atoms. The maximum Gasteiger partial charge on any atom is 0.331 e. The van der Waals surface area contributed by atoms with Gasteiger partial charge in [-0.1, -0.05) is 54.6 Å². The minimum Gasteiger partial charge on any atom is -0.497 e. The van der Waals surface area contributed by atoms with Crippen molar-refractivity contribution in [3.05, 3.63) is 123 Å². The van der Waals surface area contributed by atoms with Gasteiger partial charge in [0.05, 0.1) is 27.3 Å². The number of hydrogen-bond acceptors (Lipinski definition) is 5. The molecular weight excluding hydrogens is 430 g/mol. The van der Waals surface area contributed by atoms with Crippen molar-refractivity contribution >= 4 is 11.9 Å². The lowest BCUT2D eigenvalue weighted by Crippen LogP contribution is -2.39. The first-order chi connectivity index (χ1) is 16.6. The fourth-order valence-electron chi connectivity index (χ4n) is 3.50. The molecule has 1 heterocycles. The van der Waals surface area contributed by atoms with E-state index in [4.69, 9.17) is 9.47 Å². The van der Waals surface area contributed by atoms with E-state index < -0.39 is 11.2 Å². The summed E-state index contributed by atoms with van der Waals surface area (Å²) in [4.78, 5) is 30.9. The van der Waals surface area contributed by atoms with E-state index in [0.717, 1.165) is 22.4 Å². The summed E-state index contributed by atoms with van der Waals surface area (Å²) in [5.41, 5.74) is 1.90. The topological polar surface area (TPSA) is 74.8 Å². The molecule has 0 atom stereocenters. The maximum atomic E-state index is 13.3. The molecule has 4 aromatic rings. The fraction of sp³-hybridized carbons (Fsp3) is 0.148. The van der Waals surface area contributed by atoms with Gasteiger partial charge in [-0.25, -0.2) is 9.79 Å². The van der Waals surface area contributed by atoms with E-state index in [-0.39, 0.29) is 12.2 Å². The van der Waals surface area contributed by atoms with Crippen molar-refractivity contribution in [3.8, 4) is 11.5 Å². The molecule has 0 saturated carbocycles. The highest BCUT2D eigenvalue weighted by molar-refractivity contribution is 5.81. The van der Waals surface area contributed by atoms with Gasteiger partial charge in [0, 0.05) is 12.4 Å². The Hall–Kier alpha value is -4.39. The summed E-state index contributed by atoms with van der Waals surface area (Å²) in [5, 5.41) is 0. The number of hydrogen-bond donors (Lipinski definition) is 0. The number of aromatic nitrogens is 2. The van der Waals surface area contributed by atoms with Crippen LogP contribution in [-0.4, -0.2) is 29.6 Å². The maximum absolute atomic E-state index is 13.3. The molecule has 0 aliphatic heterocycles. The predicted octanol–water partition coefficient (Wildman–Crippen LogP) is 3.87. The van der Waals surface area contributed by atoms with Crippen molar-refractivity contribution in [3.63, 3.8) is 0 Å². The molecule has 0 bridgehead atoms. The lowest BCUT2D eigenvalue weighted by atomic mass is 10.2. The summed E-state index contributed by atoms with van der Waals surface area (Å²) < 4.78 is 13.1. The van der Waals surface area contributed by atoms with Crippen LogP contribution in [0.15, 0.2) is 99.6 Å². The Kier molecular flexibility index (Phi) is 7.03. The Labute approximate surface area is 197 Å². The lowest BCUT2D eigenvalue weighted by Gasteiger charge is -2.12. The largest absolute Gasteiger partial charge is 0.497 e. The number of nitrogens with zero attached hydrogens (tertiary/aromatic N) is 3. The first-order valence-electron chi connectivity index (χ1n) is 10.8. The third-order valence-electron chi connectivity index (χ3n) is 5.38. The van der Waals surface area contributed by atoms with Crippen LogP contribution in [0.2, 0.25) is 0 Å². The standard InChI is InChI=1S/C27H25N3O4/c1-33-23-12-8-21(9-13-23)17-29-19-25(28-16-20-6-4-3-5-7-20)26(31)30(27(29)32)18-22-10-14-24(34-2)15-11-22/h3-16,19H,17-18H2,1-2H3. The minimum atomic E-state index is -0.445. The second-order valence-electron chi connectivity index (χ2n) is 7.68. The van der Waals surface area contributed by atoms with Gasteiger partial charge in [-0.3, -0.25) is 13.9 Å². The van der Waals surface area contributed by atoms with E-state index in [1.807, 2.05) is 66.7 Å². The van der Waals surface area contributed by atoms with Crippen LogP contribution < -0.4 is 20.7 Å². The lowest BCUT2D eigenvalue weighted by molar-refractivity contribution is 0.414. The van der Waals surface area contributed by atoms with E-state index >= 15 is 0 Å². The van der Waals surface area contributed by atoms with Crippen molar-refractivity contribution in [1.82, 2.24) is 9.13 Å². The molecule has 1 aromatic heterocycles. The van der Waals surface area contributed by atoms with E-state index in [1.54, 1.807) is 32.6 Å². The normalized spacial score (nSPS) is 11.0. The Bertz CT molecular complexity index is 1390. The summed E-state index contributed by atoms with van der Waals surface area (Å²) >= 11 is 0. The average molecular weight is 456 g/mol. The van der Waals surface area contributed by atoms with Gasteiger partial charge in [0.15, 0.2) is 0 Å². The average Bonchev–Trinajstić information content (AvgIpc) is 2.89. The smallest absolute Gasteiger partial charge is 0.331 e. The number of benzene rings is 3. The number of aliphatic imine (C=N–C) groups is 1. The van der Waals surface area contributed by atoms with E-state index in [9.17, 15) is 9.59 Å². The van der Waals surface area contributed by atoms with Crippen molar-refractivity contribution < 1.29 is 9.47 Å². The second-order valence-corrected chi connectivity index (χ2v) is 7.68. The summed E-state index contributed by atoms with van der Waals surface area (Å²) in [6, 6.07) is 24.2. The van der Waals surface area contributed by atoms with Gasteiger partial charge in [-0.15, -0.1) is 0 Å². The molecular formula is C27H25N3O4. The quantitative estimate of drug-likeness (QED) is 0.378. The Balaban J connectivity index is 1.75. The van der Waals surface area contributed by atoms with E-state index in [2.05, 4.69) is 4.99 Å². The van der Waals surface area contributed by atoms with Crippen molar-refractivity contribution in [1.29, 1.82) is 0 Å². The predicted molar refractivity (Wildman–Crippen MR) is 133 cm³/mol. The van der Waals surface area contributed by atoms with Crippen molar-refractivity contribution in [2.75, 3.05) is 14.2 Å². The zero-order chi connectivity index (χ0) is 23.9. The van der Waals surface area contributed by atoms with Crippen LogP contribution >= 0.6 is 0 Å². The zero-order valence-corrected chi connectivity index (χ0v) is 19.0. The molecule has 0 saturated heterocycles. The molecule has 4 rings (SSSR count). The van der Waals surface area contributed by atoms with Crippen LogP contribution in [-0.2, 0) is 13.1 Å². The summed E-state index contributed by atoms with van der Waals surface area (Å²) in [7, 11) is 3.19. The monoisotopic (exact) mass is 455 g/mol. The summed E-state index contributed by atoms with van der Waals surface area (Å²) in [6.45, 7) is 0.415. The summed E-state index contributed by atoms with van der Waals surface area (Å²) in [5.74, 6) is 1.43. The fourth-order valence-corrected chi connectivity index (χ4v) is 3.50. The Morgan fingerprint density at radius 1 is 0.765 bits per heavy atom.